The summed E-state index contributed by atoms with van der Waals surface area (Å²) < 4.78 is 39.6. The highest BCUT2D eigenvalue weighted by Crippen LogP contribution is 2.33. The van der Waals surface area contributed by atoms with Gasteiger partial charge >= 0.3 is 0 Å². The number of rotatable bonds is 3. The molecule has 0 N–H and O–H groups in total. The molecule has 0 fully saturated rings. The van der Waals surface area contributed by atoms with Gasteiger partial charge in [-0.2, -0.15) is 0 Å². The molecule has 2 aromatic rings. The number of ketones is 1. The fourth-order valence-corrected chi connectivity index (χ4v) is 4.08. The van der Waals surface area contributed by atoms with E-state index in [9.17, 15) is 17.6 Å². The molecule has 0 radical (unpaired) electrons. The lowest BCUT2D eigenvalue weighted by atomic mass is 10.1. The zero-order valence-electron chi connectivity index (χ0n) is 11.9. The number of carbonyl (C=O) groups excluding carboxylic acids is 1. The zero-order valence-corrected chi connectivity index (χ0v) is 12.7. The van der Waals surface area contributed by atoms with Crippen LogP contribution in [0.15, 0.2) is 47.4 Å². The number of carbonyl (C=O) groups is 1. The monoisotopic (exact) mass is 319 g/mol. The van der Waals surface area contributed by atoms with E-state index in [0.29, 0.717) is 24.2 Å². The van der Waals surface area contributed by atoms with Gasteiger partial charge < -0.3 is 0 Å². The number of anilines is 1. The largest absolute Gasteiger partial charge is 0.295 e. The molecule has 4 nitrogen and oxygen atoms in total. The first-order chi connectivity index (χ1) is 10.4. The summed E-state index contributed by atoms with van der Waals surface area (Å²) in [5.74, 6) is -0.533. The molecule has 114 valence electrons. The highest BCUT2D eigenvalue weighted by Gasteiger charge is 2.31. The summed E-state index contributed by atoms with van der Waals surface area (Å²) in [6.45, 7) is 1.79. The van der Waals surface area contributed by atoms with Crippen LogP contribution in [0.2, 0.25) is 0 Å². The van der Waals surface area contributed by atoms with Crippen molar-refractivity contribution in [2.24, 2.45) is 0 Å². The van der Waals surface area contributed by atoms with Crippen molar-refractivity contribution in [2.75, 3.05) is 10.8 Å². The van der Waals surface area contributed by atoms with Gasteiger partial charge in [0.1, 0.15) is 5.82 Å². The first kappa shape index (κ1) is 14.7. The molecule has 1 heterocycles. The molecule has 1 aliphatic rings. The third-order valence-electron chi connectivity index (χ3n) is 3.74. The lowest BCUT2D eigenvalue weighted by Gasteiger charge is -2.19. The van der Waals surface area contributed by atoms with Crippen LogP contribution in [-0.2, 0) is 16.4 Å². The third-order valence-corrected chi connectivity index (χ3v) is 5.57. The lowest BCUT2D eigenvalue weighted by molar-refractivity contribution is 0.101. The minimum Gasteiger partial charge on any atom is -0.295 e. The maximum Gasteiger partial charge on any atom is 0.264 e. The zero-order chi connectivity index (χ0) is 15.9. The third kappa shape index (κ3) is 2.39. The van der Waals surface area contributed by atoms with E-state index in [1.54, 1.807) is 18.2 Å². The van der Waals surface area contributed by atoms with Crippen molar-refractivity contribution in [3.63, 3.8) is 0 Å². The number of sulfonamides is 1. The minimum absolute atomic E-state index is 0.0531. The van der Waals surface area contributed by atoms with Gasteiger partial charge in [0.2, 0.25) is 0 Å². The second kappa shape index (κ2) is 5.21. The summed E-state index contributed by atoms with van der Waals surface area (Å²) in [4.78, 5) is 11.5. The van der Waals surface area contributed by atoms with Crippen LogP contribution in [0.4, 0.5) is 10.1 Å². The van der Waals surface area contributed by atoms with Crippen molar-refractivity contribution in [3.8, 4) is 0 Å². The fourth-order valence-electron chi connectivity index (χ4n) is 2.57. The second-order valence-corrected chi connectivity index (χ2v) is 7.04. The van der Waals surface area contributed by atoms with Gasteiger partial charge in [-0.1, -0.05) is 0 Å². The van der Waals surface area contributed by atoms with Gasteiger partial charge in [0, 0.05) is 12.1 Å². The number of halogens is 1. The average molecular weight is 319 g/mol. The summed E-state index contributed by atoms with van der Waals surface area (Å²) >= 11 is 0. The predicted octanol–water partition coefficient (Wildman–Crippen LogP) is 2.78. The van der Waals surface area contributed by atoms with E-state index in [1.807, 2.05) is 0 Å². The summed E-state index contributed by atoms with van der Waals surface area (Å²) in [5, 5.41) is 0. The summed E-state index contributed by atoms with van der Waals surface area (Å²) in [6.07, 6.45) is 0.552. The van der Waals surface area contributed by atoms with Crippen LogP contribution in [0.25, 0.3) is 0 Å². The van der Waals surface area contributed by atoms with Gasteiger partial charge in [0.25, 0.3) is 10.0 Å². The van der Waals surface area contributed by atoms with E-state index < -0.39 is 15.8 Å². The molecule has 6 heteroatoms. The molecular weight excluding hydrogens is 305 g/mol. The van der Waals surface area contributed by atoms with Crippen molar-refractivity contribution in [3.05, 3.63) is 59.4 Å². The summed E-state index contributed by atoms with van der Waals surface area (Å²) in [7, 11) is -3.72. The Kier molecular flexibility index (Phi) is 3.48. The van der Waals surface area contributed by atoms with Crippen LogP contribution in [0.3, 0.4) is 0 Å². The molecule has 0 spiro atoms. The normalized spacial score (nSPS) is 14.0. The van der Waals surface area contributed by atoms with E-state index in [0.717, 1.165) is 17.7 Å². The molecule has 2 aromatic carbocycles. The molecule has 0 saturated carbocycles. The van der Waals surface area contributed by atoms with Crippen LogP contribution < -0.4 is 4.31 Å². The molecule has 0 amide bonds. The molecule has 0 saturated heterocycles. The number of Topliss-reactive ketones (excluding diaryl/α,β-unsaturated/α-hetero) is 1. The van der Waals surface area contributed by atoms with Crippen molar-refractivity contribution in [2.45, 2.75) is 18.2 Å². The predicted molar refractivity (Wildman–Crippen MR) is 81.1 cm³/mol. The Bertz CT molecular complexity index is 844. The number of fused-ring (bicyclic) bond motifs is 1. The summed E-state index contributed by atoms with van der Waals surface area (Å²) in [5.41, 5.74) is 1.98. The van der Waals surface area contributed by atoms with Crippen LogP contribution in [0.5, 0.6) is 0 Å². The Balaban J connectivity index is 2.02. The SMILES string of the molecule is CC(=O)c1ccc2c(c1)CCN2S(=O)(=O)c1ccc(F)cc1. The first-order valence-corrected chi connectivity index (χ1v) is 8.26. The van der Waals surface area contributed by atoms with Crippen LogP contribution >= 0.6 is 0 Å². The van der Waals surface area contributed by atoms with Crippen LogP contribution in [0, 0.1) is 5.82 Å². The number of nitrogens with zero attached hydrogens (tertiary/aromatic N) is 1. The van der Waals surface area contributed by atoms with Crippen molar-refractivity contribution in [1.82, 2.24) is 0 Å². The number of hydrogen-bond donors (Lipinski definition) is 0. The van der Waals surface area contributed by atoms with Crippen molar-refractivity contribution >= 4 is 21.5 Å². The minimum atomic E-state index is -3.72. The molecule has 0 unspecified atom stereocenters. The number of benzene rings is 2. The molecule has 22 heavy (non-hydrogen) atoms. The molecule has 1 aliphatic heterocycles. The fraction of sp³-hybridized carbons (Fsp3) is 0.188. The molecular formula is C16H14FNO3S. The average Bonchev–Trinajstić information content (AvgIpc) is 2.91. The lowest BCUT2D eigenvalue weighted by Crippen LogP contribution is -2.29. The Morgan fingerprint density at radius 1 is 1.14 bits per heavy atom. The van der Waals surface area contributed by atoms with Crippen LogP contribution in [-0.4, -0.2) is 20.7 Å². The van der Waals surface area contributed by atoms with E-state index in [1.165, 1.54) is 23.4 Å². The molecule has 0 bridgehead atoms. The van der Waals surface area contributed by atoms with Gasteiger partial charge in [0.15, 0.2) is 5.78 Å². The van der Waals surface area contributed by atoms with Gasteiger partial charge in [-0.05, 0) is 61.4 Å². The second-order valence-electron chi connectivity index (χ2n) is 5.18. The maximum atomic E-state index is 13.0. The smallest absolute Gasteiger partial charge is 0.264 e. The van der Waals surface area contributed by atoms with E-state index >= 15 is 0 Å². The van der Waals surface area contributed by atoms with E-state index in [4.69, 9.17) is 0 Å². The van der Waals surface area contributed by atoms with Crippen molar-refractivity contribution < 1.29 is 17.6 Å². The van der Waals surface area contributed by atoms with Gasteiger partial charge in [-0.15, -0.1) is 0 Å². The van der Waals surface area contributed by atoms with Crippen LogP contribution in [0.1, 0.15) is 22.8 Å². The maximum absolute atomic E-state index is 13.0. The van der Waals surface area contributed by atoms with Gasteiger partial charge in [-0.25, -0.2) is 12.8 Å². The topological polar surface area (TPSA) is 54.5 Å². The first-order valence-electron chi connectivity index (χ1n) is 6.82. The standard InChI is InChI=1S/C16H14FNO3S/c1-11(19)12-2-7-16-13(10-12)8-9-18(16)22(20,21)15-5-3-14(17)4-6-15/h2-7,10H,8-9H2,1H3. The highest BCUT2D eigenvalue weighted by molar-refractivity contribution is 7.92. The number of hydrogen-bond acceptors (Lipinski definition) is 3. The molecule has 0 aliphatic carbocycles. The Morgan fingerprint density at radius 3 is 2.45 bits per heavy atom. The van der Waals surface area contributed by atoms with Gasteiger partial charge in [0.05, 0.1) is 10.6 Å². The Hall–Kier alpha value is -2.21. The van der Waals surface area contributed by atoms with Gasteiger partial charge in [-0.3, -0.25) is 9.10 Å². The van der Waals surface area contributed by atoms with E-state index in [-0.39, 0.29) is 10.7 Å². The Morgan fingerprint density at radius 2 is 1.82 bits per heavy atom. The molecule has 0 atom stereocenters. The van der Waals surface area contributed by atoms with Crippen molar-refractivity contribution in [1.29, 1.82) is 0 Å². The Labute approximate surface area is 128 Å². The van der Waals surface area contributed by atoms with E-state index in [2.05, 4.69) is 0 Å². The quantitative estimate of drug-likeness (QED) is 0.818. The molecule has 3 rings (SSSR count). The summed E-state index contributed by atoms with van der Waals surface area (Å²) in [6, 6.07) is 9.78. The molecule has 0 aromatic heterocycles. The highest BCUT2D eigenvalue weighted by atomic mass is 32.2.